The predicted molar refractivity (Wildman–Crippen MR) is 127 cm³/mol. The Bertz CT molecular complexity index is 1260. The monoisotopic (exact) mass is 501 g/mol. The van der Waals surface area contributed by atoms with E-state index < -0.39 is 22.0 Å². The van der Waals surface area contributed by atoms with Gasteiger partial charge in [-0.05, 0) is 30.2 Å². The largest absolute Gasteiger partial charge is 0.468 e. The van der Waals surface area contributed by atoms with Crippen LogP contribution in [0.1, 0.15) is 22.4 Å². The molecule has 1 aromatic heterocycles. The number of methoxy groups -OCH3 is 1. The molecule has 0 radical (unpaired) electrons. The van der Waals surface area contributed by atoms with Crippen LogP contribution in [-0.2, 0) is 39.2 Å². The van der Waals surface area contributed by atoms with Crippen LogP contribution in [0.4, 0.5) is 4.39 Å². The Labute approximate surface area is 204 Å². The van der Waals surface area contributed by atoms with Crippen LogP contribution in [0.25, 0.3) is 0 Å². The van der Waals surface area contributed by atoms with Gasteiger partial charge in [-0.2, -0.15) is 4.31 Å². The number of nitrogens with zero attached hydrogens (tertiary/aromatic N) is 5. The van der Waals surface area contributed by atoms with Gasteiger partial charge in [0.2, 0.25) is 10.0 Å². The Morgan fingerprint density at radius 1 is 1.06 bits per heavy atom. The van der Waals surface area contributed by atoms with Crippen LogP contribution in [0.2, 0.25) is 0 Å². The van der Waals surface area contributed by atoms with Crippen LogP contribution in [-0.4, -0.2) is 70.6 Å². The lowest BCUT2D eigenvalue weighted by Crippen LogP contribution is -2.48. The van der Waals surface area contributed by atoms with E-state index in [0.29, 0.717) is 18.8 Å². The molecule has 0 spiro atoms. The van der Waals surface area contributed by atoms with Crippen LogP contribution < -0.4 is 0 Å². The van der Waals surface area contributed by atoms with Crippen molar-refractivity contribution in [1.82, 2.24) is 24.2 Å². The second-order valence-electron chi connectivity index (χ2n) is 8.65. The zero-order valence-electron chi connectivity index (χ0n) is 19.7. The fourth-order valence-corrected chi connectivity index (χ4v) is 5.64. The number of benzene rings is 2. The molecule has 4 rings (SSSR count). The van der Waals surface area contributed by atoms with Crippen molar-refractivity contribution < 1.29 is 22.3 Å². The van der Waals surface area contributed by atoms with Crippen molar-refractivity contribution in [2.24, 2.45) is 0 Å². The minimum absolute atomic E-state index is 0.0874. The smallest absolute Gasteiger partial charge is 0.325 e. The highest BCUT2D eigenvalue weighted by Gasteiger charge is 2.39. The molecule has 1 aliphatic rings. The number of halogens is 1. The van der Waals surface area contributed by atoms with Gasteiger partial charge in [-0.3, -0.25) is 9.69 Å². The number of esters is 1. The van der Waals surface area contributed by atoms with Crippen LogP contribution >= 0.6 is 0 Å². The van der Waals surface area contributed by atoms with Gasteiger partial charge in [0, 0.05) is 26.2 Å². The maximum Gasteiger partial charge on any atom is 0.325 e. The molecule has 2 heterocycles. The van der Waals surface area contributed by atoms with Crippen LogP contribution in [0.5, 0.6) is 0 Å². The molecule has 2 aromatic carbocycles. The predicted octanol–water partition coefficient (Wildman–Crippen LogP) is 1.96. The van der Waals surface area contributed by atoms with E-state index in [4.69, 9.17) is 4.74 Å². The lowest BCUT2D eigenvalue weighted by Gasteiger charge is -2.28. The van der Waals surface area contributed by atoms with Gasteiger partial charge in [0.1, 0.15) is 11.9 Å². The number of rotatable bonds is 7. The van der Waals surface area contributed by atoms with Crippen molar-refractivity contribution >= 4 is 16.0 Å². The third-order valence-electron chi connectivity index (χ3n) is 5.96. The second kappa shape index (κ2) is 10.6. The Kier molecular flexibility index (Phi) is 7.58. The van der Waals surface area contributed by atoms with Gasteiger partial charge in [-0.25, -0.2) is 17.5 Å². The maximum atomic E-state index is 13.2. The van der Waals surface area contributed by atoms with E-state index in [1.807, 2.05) is 36.1 Å². The summed E-state index contributed by atoms with van der Waals surface area (Å²) < 4.78 is 47.3. The summed E-state index contributed by atoms with van der Waals surface area (Å²) in [7, 11) is -2.46. The molecule has 0 N–H and O–H groups in total. The van der Waals surface area contributed by atoms with Crippen molar-refractivity contribution in [3.8, 4) is 0 Å². The SMILES string of the molecule is COC(=O)C1CN(Cc2cn(Cc3ccc(F)cc3)nn2)CCS(=O)(=O)N1Cc1ccc(C)cc1. The van der Waals surface area contributed by atoms with E-state index in [1.54, 1.807) is 23.0 Å². The number of sulfonamides is 1. The molecule has 0 saturated carbocycles. The summed E-state index contributed by atoms with van der Waals surface area (Å²) in [4.78, 5) is 14.6. The quantitative estimate of drug-likeness (QED) is 0.457. The van der Waals surface area contributed by atoms with E-state index in [9.17, 15) is 17.6 Å². The Morgan fingerprint density at radius 3 is 2.40 bits per heavy atom. The molecule has 1 saturated heterocycles. The van der Waals surface area contributed by atoms with E-state index in [1.165, 1.54) is 23.5 Å². The van der Waals surface area contributed by atoms with Gasteiger partial charge >= 0.3 is 5.97 Å². The number of hydrogen-bond acceptors (Lipinski definition) is 7. The highest BCUT2D eigenvalue weighted by atomic mass is 32.2. The van der Waals surface area contributed by atoms with Crippen molar-refractivity contribution in [2.75, 3.05) is 26.0 Å². The molecule has 0 bridgehead atoms. The number of carbonyl (C=O) groups is 1. The highest BCUT2D eigenvalue weighted by Crippen LogP contribution is 2.21. The van der Waals surface area contributed by atoms with Gasteiger partial charge in [0.15, 0.2) is 0 Å². The molecular weight excluding hydrogens is 473 g/mol. The highest BCUT2D eigenvalue weighted by molar-refractivity contribution is 7.89. The van der Waals surface area contributed by atoms with Gasteiger partial charge in [0.05, 0.1) is 31.3 Å². The third-order valence-corrected chi connectivity index (χ3v) is 7.76. The summed E-state index contributed by atoms with van der Waals surface area (Å²) in [5.74, 6) is -1.04. The molecule has 1 atom stereocenters. The lowest BCUT2D eigenvalue weighted by molar-refractivity contribution is -0.145. The zero-order chi connectivity index (χ0) is 25.0. The first-order chi connectivity index (χ1) is 16.7. The summed E-state index contributed by atoms with van der Waals surface area (Å²) >= 11 is 0. The Balaban J connectivity index is 1.50. The molecule has 9 nitrogen and oxygen atoms in total. The first-order valence-electron chi connectivity index (χ1n) is 11.2. The molecule has 0 amide bonds. The Morgan fingerprint density at radius 2 is 1.71 bits per heavy atom. The number of ether oxygens (including phenoxy) is 1. The third kappa shape index (κ3) is 6.30. The van der Waals surface area contributed by atoms with Gasteiger partial charge in [0.25, 0.3) is 0 Å². The van der Waals surface area contributed by atoms with Crippen molar-refractivity contribution in [3.63, 3.8) is 0 Å². The fraction of sp³-hybridized carbons (Fsp3) is 0.375. The molecule has 35 heavy (non-hydrogen) atoms. The van der Waals surface area contributed by atoms with Gasteiger partial charge in [-0.15, -0.1) is 5.10 Å². The number of aryl methyl sites for hydroxylation is 1. The van der Waals surface area contributed by atoms with Crippen molar-refractivity contribution in [2.45, 2.75) is 32.6 Å². The Hall–Kier alpha value is -3.15. The summed E-state index contributed by atoms with van der Waals surface area (Å²) in [6.45, 7) is 3.21. The summed E-state index contributed by atoms with van der Waals surface area (Å²) in [6, 6.07) is 12.7. The van der Waals surface area contributed by atoms with E-state index >= 15 is 0 Å². The zero-order valence-corrected chi connectivity index (χ0v) is 20.5. The van der Waals surface area contributed by atoms with Gasteiger partial charge in [-0.1, -0.05) is 47.2 Å². The van der Waals surface area contributed by atoms with Crippen LogP contribution in [0.15, 0.2) is 54.7 Å². The van der Waals surface area contributed by atoms with E-state index in [0.717, 1.165) is 16.7 Å². The molecule has 1 fully saturated rings. The summed E-state index contributed by atoms with van der Waals surface area (Å²) in [5, 5.41) is 8.32. The minimum Gasteiger partial charge on any atom is -0.468 e. The summed E-state index contributed by atoms with van der Waals surface area (Å²) in [5.41, 5.74) is 3.38. The van der Waals surface area contributed by atoms with E-state index in [2.05, 4.69) is 10.3 Å². The molecular formula is C24H28FN5O4S. The average Bonchev–Trinajstić information content (AvgIpc) is 3.23. The normalized spacial score (nSPS) is 18.8. The topological polar surface area (TPSA) is 97.6 Å². The molecule has 1 unspecified atom stereocenters. The van der Waals surface area contributed by atoms with Crippen LogP contribution in [0.3, 0.4) is 0 Å². The first-order valence-corrected chi connectivity index (χ1v) is 12.8. The van der Waals surface area contributed by atoms with Gasteiger partial charge < -0.3 is 4.74 Å². The fourth-order valence-electron chi connectivity index (χ4n) is 4.03. The molecule has 186 valence electrons. The lowest BCUT2D eigenvalue weighted by atomic mass is 10.1. The van der Waals surface area contributed by atoms with Crippen LogP contribution in [0, 0.1) is 12.7 Å². The number of carbonyl (C=O) groups excluding carboxylic acids is 1. The number of aromatic nitrogens is 3. The maximum absolute atomic E-state index is 13.2. The molecule has 1 aliphatic heterocycles. The molecule has 0 aliphatic carbocycles. The van der Waals surface area contributed by atoms with E-state index in [-0.39, 0.29) is 31.2 Å². The molecule has 11 heteroatoms. The average molecular weight is 502 g/mol. The van der Waals surface area contributed by atoms with Crippen molar-refractivity contribution in [1.29, 1.82) is 0 Å². The second-order valence-corrected chi connectivity index (χ2v) is 10.7. The minimum atomic E-state index is -3.72. The van der Waals surface area contributed by atoms with Crippen molar-refractivity contribution in [3.05, 3.63) is 82.9 Å². The molecule has 3 aromatic rings. The standard InChI is InChI=1S/C24H28FN5O4S/c1-18-3-5-20(6-4-18)14-30-23(24(31)34-2)17-28(11-12-35(30,32)33)15-22-16-29(27-26-22)13-19-7-9-21(25)10-8-19/h3-10,16,23H,11-15,17H2,1-2H3. The first kappa shape index (κ1) is 25.0. The number of hydrogen-bond donors (Lipinski definition) is 0. The summed E-state index contributed by atoms with van der Waals surface area (Å²) in [6.07, 6.45) is 1.76.